The summed E-state index contributed by atoms with van der Waals surface area (Å²) in [5, 5.41) is 11.8. The number of carboxylic acids is 1. The summed E-state index contributed by atoms with van der Waals surface area (Å²) in [5.74, 6) is -1.29. The Morgan fingerprint density at radius 3 is 2.70 bits per heavy atom. The lowest BCUT2D eigenvalue weighted by atomic mass is 9.98. The van der Waals surface area contributed by atoms with Gasteiger partial charge in [-0.25, -0.2) is 9.59 Å². The fourth-order valence-electron chi connectivity index (χ4n) is 3.00. The molecule has 0 saturated carbocycles. The molecule has 7 nitrogen and oxygen atoms in total. The van der Waals surface area contributed by atoms with Crippen molar-refractivity contribution in [3.63, 3.8) is 0 Å². The van der Waals surface area contributed by atoms with Gasteiger partial charge in [0.25, 0.3) is 0 Å². The number of benzene rings is 1. The molecule has 0 bridgehead atoms. The SMILES string of the molecule is Cc1ccccc1C(CC(=O)N1CCC[C@@H]1C(=O)O)NC(N)=O. The van der Waals surface area contributed by atoms with E-state index in [2.05, 4.69) is 5.32 Å². The molecular weight excluding hydrogens is 298 g/mol. The van der Waals surface area contributed by atoms with Gasteiger partial charge in [-0.1, -0.05) is 24.3 Å². The van der Waals surface area contributed by atoms with Crippen molar-refractivity contribution >= 4 is 17.9 Å². The zero-order valence-corrected chi connectivity index (χ0v) is 13.0. The predicted molar refractivity (Wildman–Crippen MR) is 83.6 cm³/mol. The van der Waals surface area contributed by atoms with Gasteiger partial charge in [0.1, 0.15) is 6.04 Å². The molecule has 0 radical (unpaired) electrons. The Kier molecular flexibility index (Phi) is 5.20. The molecule has 23 heavy (non-hydrogen) atoms. The van der Waals surface area contributed by atoms with Gasteiger partial charge in [-0.3, -0.25) is 4.79 Å². The van der Waals surface area contributed by atoms with Crippen molar-refractivity contribution < 1.29 is 19.5 Å². The van der Waals surface area contributed by atoms with Crippen LogP contribution in [-0.4, -0.2) is 40.5 Å². The number of aryl methyl sites for hydroxylation is 1. The quantitative estimate of drug-likeness (QED) is 0.756. The first-order valence-corrected chi connectivity index (χ1v) is 7.54. The van der Waals surface area contributed by atoms with Crippen LogP contribution in [0, 0.1) is 6.92 Å². The van der Waals surface area contributed by atoms with Crippen molar-refractivity contribution in [3.8, 4) is 0 Å². The van der Waals surface area contributed by atoms with Crippen LogP contribution >= 0.6 is 0 Å². The lowest BCUT2D eigenvalue weighted by molar-refractivity contribution is -0.148. The number of carbonyl (C=O) groups excluding carboxylic acids is 2. The van der Waals surface area contributed by atoms with Gasteiger partial charge in [-0.2, -0.15) is 0 Å². The number of primary amides is 1. The standard InChI is InChI=1S/C16H21N3O4/c1-10-5-2-3-6-11(10)12(18-16(17)23)9-14(20)19-8-4-7-13(19)15(21)22/h2-3,5-6,12-13H,4,7-9H2,1H3,(H,21,22)(H3,17,18,23)/t12?,13-/m1/s1. The van der Waals surface area contributed by atoms with Gasteiger partial charge in [0.15, 0.2) is 0 Å². The maximum Gasteiger partial charge on any atom is 0.326 e. The third-order valence-electron chi connectivity index (χ3n) is 4.12. The highest BCUT2D eigenvalue weighted by atomic mass is 16.4. The largest absolute Gasteiger partial charge is 0.480 e. The summed E-state index contributed by atoms with van der Waals surface area (Å²) in [6, 6.07) is 5.31. The second-order valence-electron chi connectivity index (χ2n) is 5.71. The molecule has 1 aliphatic heterocycles. The van der Waals surface area contributed by atoms with Crippen molar-refractivity contribution in [2.45, 2.75) is 38.3 Å². The molecular formula is C16H21N3O4. The molecule has 1 aromatic rings. The van der Waals surface area contributed by atoms with E-state index in [0.29, 0.717) is 19.4 Å². The Balaban J connectivity index is 2.18. The van der Waals surface area contributed by atoms with Crippen LogP contribution in [-0.2, 0) is 9.59 Å². The first kappa shape index (κ1) is 16.8. The fourth-order valence-corrected chi connectivity index (χ4v) is 3.00. The van der Waals surface area contributed by atoms with Crippen molar-refractivity contribution in [1.82, 2.24) is 10.2 Å². The molecule has 2 atom stereocenters. The molecule has 1 aliphatic rings. The lowest BCUT2D eigenvalue weighted by Gasteiger charge is -2.25. The van der Waals surface area contributed by atoms with E-state index in [1.165, 1.54) is 4.90 Å². The molecule has 1 fully saturated rings. The first-order valence-electron chi connectivity index (χ1n) is 7.54. The minimum atomic E-state index is -0.994. The van der Waals surface area contributed by atoms with Crippen LogP contribution in [0.25, 0.3) is 0 Å². The molecule has 2 rings (SSSR count). The summed E-state index contributed by atoms with van der Waals surface area (Å²) in [6.45, 7) is 2.30. The van der Waals surface area contributed by atoms with Gasteiger partial charge in [0.05, 0.1) is 12.5 Å². The molecule has 1 saturated heterocycles. The second-order valence-corrected chi connectivity index (χ2v) is 5.71. The molecule has 1 aromatic carbocycles. The summed E-state index contributed by atoms with van der Waals surface area (Å²) in [6.07, 6.45) is 1.11. The number of nitrogens with one attached hydrogen (secondary N) is 1. The lowest BCUT2D eigenvalue weighted by Crippen LogP contribution is -2.43. The topological polar surface area (TPSA) is 113 Å². The molecule has 1 heterocycles. The van der Waals surface area contributed by atoms with Gasteiger partial charge >= 0.3 is 12.0 Å². The van der Waals surface area contributed by atoms with Gasteiger partial charge in [0, 0.05) is 6.54 Å². The Bertz CT molecular complexity index is 617. The van der Waals surface area contributed by atoms with Gasteiger partial charge in [-0.05, 0) is 30.9 Å². The van der Waals surface area contributed by atoms with Crippen LogP contribution in [0.2, 0.25) is 0 Å². The smallest absolute Gasteiger partial charge is 0.326 e. The Labute approximate surface area is 134 Å². The first-order chi connectivity index (χ1) is 10.9. The minimum absolute atomic E-state index is 0.0163. The summed E-state index contributed by atoms with van der Waals surface area (Å²) >= 11 is 0. The number of nitrogens with zero attached hydrogens (tertiary/aromatic N) is 1. The molecule has 124 valence electrons. The number of amides is 3. The van der Waals surface area contributed by atoms with Crippen LogP contribution in [0.15, 0.2) is 24.3 Å². The number of carboxylic acid groups (broad SMARTS) is 1. The maximum absolute atomic E-state index is 12.5. The van der Waals surface area contributed by atoms with Gasteiger partial charge in [-0.15, -0.1) is 0 Å². The summed E-state index contributed by atoms with van der Waals surface area (Å²) in [5.41, 5.74) is 6.94. The Hall–Kier alpha value is -2.57. The summed E-state index contributed by atoms with van der Waals surface area (Å²) in [4.78, 5) is 36.4. The highest BCUT2D eigenvalue weighted by molar-refractivity contribution is 5.85. The van der Waals surface area contributed by atoms with Crippen molar-refractivity contribution in [2.75, 3.05) is 6.54 Å². The molecule has 0 aromatic heterocycles. The number of urea groups is 1. The second kappa shape index (κ2) is 7.13. The Morgan fingerprint density at radius 1 is 1.39 bits per heavy atom. The molecule has 0 aliphatic carbocycles. The van der Waals surface area contributed by atoms with E-state index in [0.717, 1.165) is 11.1 Å². The highest BCUT2D eigenvalue weighted by Gasteiger charge is 2.35. The normalized spacial score (nSPS) is 18.5. The van der Waals surface area contributed by atoms with Crippen molar-refractivity contribution in [3.05, 3.63) is 35.4 Å². The molecule has 0 spiro atoms. The van der Waals surface area contributed by atoms with Gasteiger partial charge in [0.2, 0.25) is 5.91 Å². The van der Waals surface area contributed by atoms with Crippen LogP contribution in [0.4, 0.5) is 4.79 Å². The molecule has 3 amide bonds. The van der Waals surface area contributed by atoms with E-state index < -0.39 is 24.1 Å². The number of hydrogen-bond acceptors (Lipinski definition) is 3. The zero-order valence-electron chi connectivity index (χ0n) is 13.0. The number of hydrogen-bond donors (Lipinski definition) is 3. The van der Waals surface area contributed by atoms with E-state index in [1.54, 1.807) is 0 Å². The number of nitrogens with two attached hydrogens (primary N) is 1. The van der Waals surface area contributed by atoms with Crippen LogP contribution in [0.1, 0.15) is 36.4 Å². The van der Waals surface area contributed by atoms with E-state index in [-0.39, 0.29) is 12.3 Å². The third kappa shape index (κ3) is 4.00. The van der Waals surface area contributed by atoms with Crippen molar-refractivity contribution in [1.29, 1.82) is 0 Å². The number of likely N-dealkylation sites (tertiary alicyclic amines) is 1. The predicted octanol–water partition coefficient (Wildman–Crippen LogP) is 1.17. The fraction of sp³-hybridized carbons (Fsp3) is 0.438. The summed E-state index contributed by atoms with van der Waals surface area (Å²) < 4.78 is 0. The average Bonchev–Trinajstić information content (AvgIpc) is 2.96. The maximum atomic E-state index is 12.5. The van der Waals surface area contributed by atoms with E-state index in [4.69, 9.17) is 5.73 Å². The van der Waals surface area contributed by atoms with Gasteiger partial charge < -0.3 is 21.1 Å². The molecule has 4 N–H and O–H groups in total. The number of rotatable bonds is 5. The van der Waals surface area contributed by atoms with Crippen LogP contribution in [0.3, 0.4) is 0 Å². The average molecular weight is 319 g/mol. The van der Waals surface area contributed by atoms with E-state index in [1.807, 2.05) is 31.2 Å². The number of carbonyl (C=O) groups is 3. The molecule has 7 heteroatoms. The molecule has 1 unspecified atom stereocenters. The highest BCUT2D eigenvalue weighted by Crippen LogP contribution is 2.25. The van der Waals surface area contributed by atoms with Crippen molar-refractivity contribution in [2.24, 2.45) is 5.73 Å². The minimum Gasteiger partial charge on any atom is -0.480 e. The zero-order chi connectivity index (χ0) is 17.0. The van der Waals surface area contributed by atoms with E-state index in [9.17, 15) is 19.5 Å². The van der Waals surface area contributed by atoms with Crippen LogP contribution in [0.5, 0.6) is 0 Å². The van der Waals surface area contributed by atoms with Crippen LogP contribution < -0.4 is 11.1 Å². The number of aliphatic carboxylic acids is 1. The summed E-state index contributed by atoms with van der Waals surface area (Å²) in [7, 11) is 0. The monoisotopic (exact) mass is 319 g/mol. The van der Waals surface area contributed by atoms with E-state index >= 15 is 0 Å². The Morgan fingerprint density at radius 2 is 2.09 bits per heavy atom. The third-order valence-corrected chi connectivity index (χ3v) is 4.12.